The van der Waals surface area contributed by atoms with E-state index in [1.165, 1.54) is 11.3 Å². The molecule has 96 valence electrons. The van der Waals surface area contributed by atoms with Gasteiger partial charge in [-0.3, -0.25) is 4.79 Å². The molecule has 4 nitrogen and oxygen atoms in total. The molecule has 1 heterocycles. The molecule has 1 aromatic heterocycles. The molecule has 6 heteroatoms. The zero-order valence-electron chi connectivity index (χ0n) is 10.0. The normalized spacial score (nSPS) is 20.1. The van der Waals surface area contributed by atoms with Crippen LogP contribution in [0.5, 0.6) is 0 Å². The Morgan fingerprint density at radius 3 is 3.00 bits per heavy atom. The Balaban J connectivity index is 0.00000144. The number of nitrogens with two attached hydrogens (primary N) is 1. The van der Waals surface area contributed by atoms with Crippen molar-refractivity contribution in [2.75, 3.05) is 5.32 Å². The fourth-order valence-corrected chi connectivity index (χ4v) is 2.99. The zero-order valence-corrected chi connectivity index (χ0v) is 11.7. The lowest BCUT2D eigenvalue weighted by Crippen LogP contribution is -2.32. The summed E-state index contributed by atoms with van der Waals surface area (Å²) in [6, 6.07) is -0.486. The Labute approximate surface area is 111 Å². The van der Waals surface area contributed by atoms with E-state index in [4.69, 9.17) is 5.73 Å². The summed E-state index contributed by atoms with van der Waals surface area (Å²) < 4.78 is 0. The van der Waals surface area contributed by atoms with Crippen molar-refractivity contribution in [3.8, 4) is 0 Å². The third-order valence-electron chi connectivity index (χ3n) is 2.83. The molecular formula is C11H18ClN3OS. The van der Waals surface area contributed by atoms with Gasteiger partial charge in [-0.05, 0) is 32.1 Å². The van der Waals surface area contributed by atoms with Gasteiger partial charge in [0.25, 0.3) is 0 Å². The van der Waals surface area contributed by atoms with Gasteiger partial charge in [-0.25, -0.2) is 4.98 Å². The van der Waals surface area contributed by atoms with Crippen LogP contribution in [-0.4, -0.2) is 16.9 Å². The summed E-state index contributed by atoms with van der Waals surface area (Å²) in [7, 11) is 0. The molecule has 2 atom stereocenters. The molecule has 0 fully saturated rings. The first-order chi connectivity index (χ1) is 7.56. The second-order valence-electron chi connectivity index (χ2n) is 4.51. The number of hydrogen-bond donors (Lipinski definition) is 2. The Morgan fingerprint density at radius 1 is 1.65 bits per heavy atom. The maximum atomic E-state index is 11.4. The average molecular weight is 276 g/mol. The molecule has 0 aromatic carbocycles. The highest BCUT2D eigenvalue weighted by Gasteiger charge is 2.20. The second kappa shape index (κ2) is 5.80. The first kappa shape index (κ1) is 14.4. The average Bonchev–Trinajstić information content (AvgIpc) is 2.58. The molecule has 0 aliphatic heterocycles. The number of nitrogens with one attached hydrogen (secondary N) is 1. The maximum absolute atomic E-state index is 11.4. The predicted octanol–water partition coefficient (Wildman–Crippen LogP) is 1.98. The van der Waals surface area contributed by atoms with Crippen molar-refractivity contribution in [1.29, 1.82) is 0 Å². The van der Waals surface area contributed by atoms with Crippen LogP contribution in [0.15, 0.2) is 0 Å². The van der Waals surface area contributed by atoms with Gasteiger partial charge < -0.3 is 11.1 Å². The summed E-state index contributed by atoms with van der Waals surface area (Å²) >= 11 is 1.59. The number of fused-ring (bicyclic) bond motifs is 1. The van der Waals surface area contributed by atoms with Crippen LogP contribution >= 0.6 is 23.7 Å². The minimum atomic E-state index is -0.486. The van der Waals surface area contributed by atoms with E-state index >= 15 is 0 Å². The third-order valence-corrected chi connectivity index (χ3v) is 3.87. The number of carbonyl (C=O) groups is 1. The molecule has 1 aliphatic carbocycles. The van der Waals surface area contributed by atoms with Gasteiger partial charge in [-0.1, -0.05) is 6.92 Å². The van der Waals surface area contributed by atoms with E-state index in [9.17, 15) is 4.79 Å². The minimum absolute atomic E-state index is 0. The van der Waals surface area contributed by atoms with Gasteiger partial charge in [0, 0.05) is 4.88 Å². The number of nitrogens with zero attached hydrogens (tertiary/aromatic N) is 1. The first-order valence-electron chi connectivity index (χ1n) is 5.61. The lowest BCUT2D eigenvalue weighted by molar-refractivity contribution is -0.117. The van der Waals surface area contributed by atoms with Crippen molar-refractivity contribution >= 4 is 34.8 Å². The van der Waals surface area contributed by atoms with Crippen LogP contribution in [0.2, 0.25) is 0 Å². The van der Waals surface area contributed by atoms with Crippen LogP contribution in [0.1, 0.15) is 30.8 Å². The molecule has 0 saturated carbocycles. The number of rotatable bonds is 2. The van der Waals surface area contributed by atoms with E-state index in [-0.39, 0.29) is 18.3 Å². The first-order valence-corrected chi connectivity index (χ1v) is 6.43. The van der Waals surface area contributed by atoms with Crippen LogP contribution < -0.4 is 11.1 Å². The smallest absolute Gasteiger partial charge is 0.242 e. The molecule has 3 N–H and O–H groups in total. The summed E-state index contributed by atoms with van der Waals surface area (Å²) in [5.41, 5.74) is 6.65. The van der Waals surface area contributed by atoms with Crippen LogP contribution in [0.25, 0.3) is 0 Å². The SMILES string of the molecule is CC1CCc2nc(NC(=O)[C@H](C)N)sc2C1.Cl. The molecule has 1 aliphatic rings. The maximum Gasteiger partial charge on any atom is 0.242 e. The fourth-order valence-electron chi connectivity index (χ4n) is 1.81. The molecule has 17 heavy (non-hydrogen) atoms. The van der Waals surface area contributed by atoms with E-state index in [1.54, 1.807) is 18.3 Å². The lowest BCUT2D eigenvalue weighted by Gasteiger charge is -2.15. The number of amides is 1. The van der Waals surface area contributed by atoms with Crippen molar-refractivity contribution in [2.24, 2.45) is 11.7 Å². The van der Waals surface area contributed by atoms with Crippen molar-refractivity contribution in [2.45, 2.75) is 39.2 Å². The number of aryl methyl sites for hydroxylation is 1. The minimum Gasteiger partial charge on any atom is -0.320 e. The highest BCUT2D eigenvalue weighted by atomic mass is 35.5. The van der Waals surface area contributed by atoms with E-state index in [0.717, 1.165) is 24.5 Å². The number of anilines is 1. The van der Waals surface area contributed by atoms with Crippen molar-refractivity contribution in [3.63, 3.8) is 0 Å². The summed E-state index contributed by atoms with van der Waals surface area (Å²) in [6.45, 7) is 3.92. The molecule has 0 saturated heterocycles. The van der Waals surface area contributed by atoms with Crippen LogP contribution in [-0.2, 0) is 17.6 Å². The van der Waals surface area contributed by atoms with Gasteiger partial charge in [-0.15, -0.1) is 23.7 Å². The number of aromatic nitrogens is 1. The number of thiazole rings is 1. The topological polar surface area (TPSA) is 68.0 Å². The van der Waals surface area contributed by atoms with Gasteiger partial charge in [-0.2, -0.15) is 0 Å². The second-order valence-corrected chi connectivity index (χ2v) is 5.60. The summed E-state index contributed by atoms with van der Waals surface area (Å²) in [5, 5.41) is 3.45. The monoisotopic (exact) mass is 275 g/mol. The van der Waals surface area contributed by atoms with Crippen LogP contribution in [0.3, 0.4) is 0 Å². The van der Waals surface area contributed by atoms with Crippen molar-refractivity contribution < 1.29 is 4.79 Å². The number of halogens is 1. The lowest BCUT2D eigenvalue weighted by atomic mass is 9.93. The largest absolute Gasteiger partial charge is 0.320 e. The molecular weight excluding hydrogens is 258 g/mol. The van der Waals surface area contributed by atoms with Crippen LogP contribution in [0.4, 0.5) is 5.13 Å². The number of carbonyl (C=O) groups excluding carboxylic acids is 1. The van der Waals surface area contributed by atoms with Crippen LogP contribution in [0, 0.1) is 5.92 Å². The third kappa shape index (κ3) is 3.40. The van der Waals surface area contributed by atoms with Crippen molar-refractivity contribution in [3.05, 3.63) is 10.6 Å². The Morgan fingerprint density at radius 2 is 2.35 bits per heavy atom. The Hall–Kier alpha value is -0.650. The molecule has 0 spiro atoms. The highest BCUT2D eigenvalue weighted by Crippen LogP contribution is 2.31. The van der Waals surface area contributed by atoms with Gasteiger partial charge in [0.05, 0.1) is 11.7 Å². The molecule has 0 radical (unpaired) electrons. The summed E-state index contributed by atoms with van der Waals surface area (Å²) in [4.78, 5) is 17.2. The van der Waals surface area contributed by atoms with Gasteiger partial charge in [0.15, 0.2) is 5.13 Å². The fraction of sp³-hybridized carbons (Fsp3) is 0.636. The Kier molecular flexibility index (Phi) is 4.91. The predicted molar refractivity (Wildman–Crippen MR) is 72.8 cm³/mol. The molecule has 2 rings (SSSR count). The standard InChI is InChI=1S/C11H17N3OS.ClH/c1-6-3-4-8-9(5-6)16-11(13-8)14-10(15)7(2)12;/h6-7H,3-5,12H2,1-2H3,(H,13,14,15);1H/t6?,7-;/m0./s1. The van der Waals surface area contributed by atoms with E-state index in [0.29, 0.717) is 5.13 Å². The molecule has 1 aromatic rings. The van der Waals surface area contributed by atoms with Gasteiger partial charge >= 0.3 is 0 Å². The van der Waals surface area contributed by atoms with Gasteiger partial charge in [0.1, 0.15) is 0 Å². The van der Waals surface area contributed by atoms with Gasteiger partial charge in [0.2, 0.25) is 5.91 Å². The summed E-state index contributed by atoms with van der Waals surface area (Å²) in [5.74, 6) is 0.559. The van der Waals surface area contributed by atoms with E-state index in [2.05, 4.69) is 17.2 Å². The number of hydrogen-bond acceptors (Lipinski definition) is 4. The zero-order chi connectivity index (χ0) is 11.7. The Bertz CT molecular complexity index is 405. The van der Waals surface area contributed by atoms with Crippen molar-refractivity contribution in [1.82, 2.24) is 4.98 Å². The van der Waals surface area contributed by atoms with E-state index < -0.39 is 6.04 Å². The quantitative estimate of drug-likeness (QED) is 0.867. The molecule has 0 bridgehead atoms. The highest BCUT2D eigenvalue weighted by molar-refractivity contribution is 7.15. The summed E-state index contributed by atoms with van der Waals surface area (Å²) in [6.07, 6.45) is 3.31. The molecule has 1 unspecified atom stereocenters. The molecule has 1 amide bonds. The van der Waals surface area contributed by atoms with E-state index in [1.807, 2.05) is 0 Å².